The van der Waals surface area contributed by atoms with Crippen LogP contribution < -0.4 is 4.90 Å². The first-order valence-corrected chi connectivity index (χ1v) is 8.25. The predicted molar refractivity (Wildman–Crippen MR) is 87.1 cm³/mol. The van der Waals surface area contributed by atoms with E-state index in [-0.39, 0.29) is 17.7 Å². The number of halogens is 1. The summed E-state index contributed by atoms with van der Waals surface area (Å²) in [4.78, 5) is 28.7. The zero-order chi connectivity index (χ0) is 15.9. The van der Waals surface area contributed by atoms with Crippen molar-refractivity contribution in [1.29, 1.82) is 0 Å². The van der Waals surface area contributed by atoms with Crippen LogP contribution in [0.15, 0.2) is 18.2 Å². The number of anilines is 1. The van der Waals surface area contributed by atoms with E-state index in [0.29, 0.717) is 18.1 Å². The first kappa shape index (κ1) is 15.3. The maximum Gasteiger partial charge on any atom is 0.249 e. The Labute approximate surface area is 136 Å². The molecule has 1 aliphatic heterocycles. The maximum absolute atomic E-state index is 12.7. The Morgan fingerprint density at radius 1 is 1.27 bits per heavy atom. The van der Waals surface area contributed by atoms with E-state index in [1.807, 2.05) is 26.0 Å². The van der Waals surface area contributed by atoms with Crippen molar-refractivity contribution in [2.75, 3.05) is 18.0 Å². The summed E-state index contributed by atoms with van der Waals surface area (Å²) in [5.74, 6) is 0.281. The fourth-order valence-corrected chi connectivity index (χ4v) is 3.45. The van der Waals surface area contributed by atoms with Gasteiger partial charge in [0.1, 0.15) is 6.04 Å². The monoisotopic (exact) mass is 320 g/mol. The van der Waals surface area contributed by atoms with Crippen LogP contribution >= 0.6 is 11.6 Å². The number of nitrogens with zero attached hydrogens (tertiary/aromatic N) is 2. The van der Waals surface area contributed by atoms with Crippen molar-refractivity contribution in [2.45, 2.75) is 39.2 Å². The molecule has 5 heteroatoms. The van der Waals surface area contributed by atoms with Gasteiger partial charge in [-0.1, -0.05) is 18.0 Å². The molecule has 3 rings (SSSR count). The first-order chi connectivity index (χ1) is 10.5. The van der Waals surface area contributed by atoms with Gasteiger partial charge in [0.25, 0.3) is 0 Å². The van der Waals surface area contributed by atoms with E-state index < -0.39 is 6.04 Å². The molecule has 2 amide bonds. The molecule has 1 aliphatic carbocycles. The molecular weight excluding hydrogens is 300 g/mol. The van der Waals surface area contributed by atoms with E-state index in [2.05, 4.69) is 0 Å². The van der Waals surface area contributed by atoms with Crippen LogP contribution in [0.3, 0.4) is 0 Å². The van der Waals surface area contributed by atoms with Gasteiger partial charge < -0.3 is 9.80 Å². The number of benzene rings is 1. The van der Waals surface area contributed by atoms with Gasteiger partial charge in [-0.05, 0) is 50.5 Å². The summed E-state index contributed by atoms with van der Waals surface area (Å²) >= 11 is 5.99. The SMILES string of the molecule is Cc1cc(Cl)ccc1N1CCN(C(=O)C2CCC2)C(C)C1=O. The van der Waals surface area contributed by atoms with Crippen LogP contribution in [0, 0.1) is 12.8 Å². The highest BCUT2D eigenvalue weighted by atomic mass is 35.5. The van der Waals surface area contributed by atoms with Gasteiger partial charge in [-0.3, -0.25) is 9.59 Å². The van der Waals surface area contributed by atoms with Gasteiger partial charge in [0.05, 0.1) is 0 Å². The predicted octanol–water partition coefficient (Wildman–Crippen LogP) is 3.01. The summed E-state index contributed by atoms with van der Waals surface area (Å²) in [6, 6.07) is 5.15. The number of hydrogen-bond acceptors (Lipinski definition) is 2. The molecule has 118 valence electrons. The van der Waals surface area contributed by atoms with Gasteiger partial charge in [0, 0.05) is 29.7 Å². The molecule has 1 aromatic carbocycles. The number of aryl methyl sites for hydroxylation is 1. The Morgan fingerprint density at radius 3 is 2.59 bits per heavy atom. The number of rotatable bonds is 2. The number of carbonyl (C=O) groups is 2. The Kier molecular flexibility index (Phi) is 4.13. The third kappa shape index (κ3) is 2.60. The largest absolute Gasteiger partial charge is 0.329 e. The van der Waals surface area contributed by atoms with E-state index in [4.69, 9.17) is 11.6 Å². The lowest BCUT2D eigenvalue weighted by Crippen LogP contribution is -2.59. The average Bonchev–Trinajstić information content (AvgIpc) is 2.40. The Morgan fingerprint density at radius 2 is 2.00 bits per heavy atom. The zero-order valence-corrected chi connectivity index (χ0v) is 13.8. The fraction of sp³-hybridized carbons (Fsp3) is 0.529. The fourth-order valence-electron chi connectivity index (χ4n) is 3.22. The van der Waals surface area contributed by atoms with Gasteiger partial charge in [0.2, 0.25) is 11.8 Å². The molecule has 0 N–H and O–H groups in total. The van der Waals surface area contributed by atoms with Crippen molar-refractivity contribution in [3.63, 3.8) is 0 Å². The first-order valence-electron chi connectivity index (χ1n) is 7.87. The van der Waals surface area contributed by atoms with Crippen molar-refractivity contribution < 1.29 is 9.59 Å². The molecule has 0 aromatic heterocycles. The van der Waals surface area contributed by atoms with Gasteiger partial charge in [0.15, 0.2) is 0 Å². The van der Waals surface area contributed by atoms with Gasteiger partial charge in [-0.25, -0.2) is 0 Å². The third-order valence-electron chi connectivity index (χ3n) is 4.84. The number of hydrogen-bond donors (Lipinski definition) is 0. The van der Waals surface area contributed by atoms with E-state index in [0.717, 1.165) is 30.5 Å². The highest BCUT2D eigenvalue weighted by Crippen LogP contribution is 2.31. The van der Waals surface area contributed by atoms with E-state index in [1.165, 1.54) is 0 Å². The van der Waals surface area contributed by atoms with Crippen LogP contribution in [0.5, 0.6) is 0 Å². The molecule has 4 nitrogen and oxygen atoms in total. The molecule has 1 aromatic rings. The lowest BCUT2D eigenvalue weighted by molar-refractivity contribution is -0.146. The summed E-state index contributed by atoms with van der Waals surface area (Å²) in [5, 5.41) is 0.667. The van der Waals surface area contributed by atoms with Crippen molar-refractivity contribution in [3.8, 4) is 0 Å². The number of carbonyl (C=O) groups excluding carboxylic acids is 2. The van der Waals surface area contributed by atoms with Crippen molar-refractivity contribution in [2.24, 2.45) is 5.92 Å². The van der Waals surface area contributed by atoms with Crippen LogP contribution in [0.25, 0.3) is 0 Å². The smallest absolute Gasteiger partial charge is 0.249 e. The second-order valence-electron chi connectivity index (χ2n) is 6.26. The quantitative estimate of drug-likeness (QED) is 0.840. The molecular formula is C17H21ClN2O2. The highest BCUT2D eigenvalue weighted by Gasteiger charge is 2.39. The number of piperazine rings is 1. The lowest BCUT2D eigenvalue weighted by atomic mass is 9.84. The molecule has 1 heterocycles. The number of amides is 2. The van der Waals surface area contributed by atoms with Crippen molar-refractivity contribution in [3.05, 3.63) is 28.8 Å². The van der Waals surface area contributed by atoms with Crippen LogP contribution in [0.1, 0.15) is 31.7 Å². The minimum atomic E-state index is -0.392. The molecule has 0 bridgehead atoms. The Bertz CT molecular complexity index is 613. The maximum atomic E-state index is 12.7. The minimum Gasteiger partial charge on any atom is -0.329 e. The average molecular weight is 321 g/mol. The highest BCUT2D eigenvalue weighted by molar-refractivity contribution is 6.30. The molecule has 1 saturated heterocycles. The molecule has 0 radical (unpaired) electrons. The second kappa shape index (κ2) is 5.92. The van der Waals surface area contributed by atoms with Crippen LogP contribution in [0.4, 0.5) is 5.69 Å². The van der Waals surface area contributed by atoms with E-state index >= 15 is 0 Å². The molecule has 1 unspecified atom stereocenters. The van der Waals surface area contributed by atoms with Gasteiger partial charge in [-0.2, -0.15) is 0 Å². The summed E-state index contributed by atoms with van der Waals surface area (Å²) in [6.07, 6.45) is 3.06. The van der Waals surface area contributed by atoms with E-state index in [9.17, 15) is 9.59 Å². The summed E-state index contributed by atoms with van der Waals surface area (Å²) in [6.45, 7) is 4.93. The molecule has 1 saturated carbocycles. The van der Waals surface area contributed by atoms with Crippen molar-refractivity contribution >= 4 is 29.1 Å². The minimum absolute atomic E-state index is 0.00986. The second-order valence-corrected chi connectivity index (χ2v) is 6.69. The standard InChI is InChI=1S/C17H21ClN2O2/c1-11-10-14(18)6-7-15(11)20-9-8-19(12(2)16(20)21)17(22)13-4-3-5-13/h6-7,10,12-13H,3-5,8-9H2,1-2H3. The molecule has 0 spiro atoms. The molecule has 1 atom stereocenters. The summed E-state index contributed by atoms with van der Waals surface area (Å²) in [7, 11) is 0. The Balaban J connectivity index is 1.78. The van der Waals surface area contributed by atoms with Crippen LogP contribution in [0.2, 0.25) is 5.02 Å². The topological polar surface area (TPSA) is 40.6 Å². The zero-order valence-electron chi connectivity index (χ0n) is 13.0. The molecule has 22 heavy (non-hydrogen) atoms. The van der Waals surface area contributed by atoms with Gasteiger partial charge >= 0.3 is 0 Å². The summed E-state index contributed by atoms with van der Waals surface area (Å²) < 4.78 is 0. The van der Waals surface area contributed by atoms with Crippen LogP contribution in [-0.2, 0) is 9.59 Å². The molecule has 2 aliphatic rings. The Hall–Kier alpha value is -1.55. The van der Waals surface area contributed by atoms with E-state index in [1.54, 1.807) is 15.9 Å². The third-order valence-corrected chi connectivity index (χ3v) is 5.08. The van der Waals surface area contributed by atoms with Gasteiger partial charge in [-0.15, -0.1) is 0 Å². The summed E-state index contributed by atoms with van der Waals surface area (Å²) in [5.41, 5.74) is 1.86. The van der Waals surface area contributed by atoms with Crippen LogP contribution in [-0.4, -0.2) is 35.8 Å². The normalized spacial score (nSPS) is 22.7. The van der Waals surface area contributed by atoms with Crippen molar-refractivity contribution in [1.82, 2.24) is 4.90 Å². The lowest BCUT2D eigenvalue weighted by Gasteiger charge is -2.42. The molecule has 2 fully saturated rings.